The Labute approximate surface area is 93.5 Å². The van der Waals surface area contributed by atoms with Gasteiger partial charge in [-0.2, -0.15) is 0 Å². The lowest BCUT2D eigenvalue weighted by Gasteiger charge is -2.15. The monoisotopic (exact) mass is 257 g/mol. The number of anilines is 1. The van der Waals surface area contributed by atoms with E-state index in [9.17, 15) is 0 Å². The molecule has 0 saturated heterocycles. The Morgan fingerprint density at radius 2 is 1.86 bits per heavy atom. The molecule has 1 rings (SSSR count). The molecule has 1 aromatic heterocycles. The number of hydrogen-bond acceptors (Lipinski definition) is 3. The number of aromatic nitrogens is 2. The van der Waals surface area contributed by atoms with Gasteiger partial charge < -0.3 is 5.32 Å². The highest BCUT2D eigenvalue weighted by atomic mass is 79.9. The highest BCUT2D eigenvalue weighted by Gasteiger charge is 2.06. The van der Waals surface area contributed by atoms with E-state index < -0.39 is 0 Å². The van der Waals surface area contributed by atoms with Crippen molar-refractivity contribution in [1.29, 1.82) is 0 Å². The summed E-state index contributed by atoms with van der Waals surface area (Å²) in [5.41, 5.74) is 0. The van der Waals surface area contributed by atoms with Crippen LogP contribution in [0.3, 0.4) is 0 Å². The Morgan fingerprint density at radius 3 is 2.36 bits per heavy atom. The first-order valence-corrected chi connectivity index (χ1v) is 5.60. The van der Waals surface area contributed by atoms with Gasteiger partial charge in [-0.15, -0.1) is 0 Å². The van der Waals surface area contributed by atoms with Crippen molar-refractivity contribution in [1.82, 2.24) is 9.97 Å². The summed E-state index contributed by atoms with van der Waals surface area (Å²) >= 11 is 3.30. The van der Waals surface area contributed by atoms with E-state index in [0.717, 1.165) is 11.0 Å². The quantitative estimate of drug-likeness (QED) is 0.902. The van der Waals surface area contributed by atoms with Gasteiger partial charge in [0.15, 0.2) is 0 Å². The maximum atomic E-state index is 4.14. The third-order valence-electron chi connectivity index (χ3n) is 2.34. The normalized spacial score (nSPS) is 12.9. The molecule has 4 heteroatoms. The van der Waals surface area contributed by atoms with Crippen LogP contribution in [0.5, 0.6) is 0 Å². The molecule has 0 aliphatic heterocycles. The van der Waals surface area contributed by atoms with Crippen LogP contribution in [0.4, 0.5) is 5.95 Å². The first-order valence-electron chi connectivity index (χ1n) is 4.81. The standard InChI is InChI=1S/C10H16BrN3/c1-7(2)8(3)4-12-10-13-5-9(11)6-14-10/h5-8H,4H2,1-3H3,(H,12,13,14). The maximum absolute atomic E-state index is 4.14. The molecule has 0 amide bonds. The van der Waals surface area contributed by atoms with Gasteiger partial charge in [0.05, 0.1) is 4.47 Å². The van der Waals surface area contributed by atoms with E-state index in [-0.39, 0.29) is 0 Å². The van der Waals surface area contributed by atoms with Crippen LogP contribution >= 0.6 is 15.9 Å². The molecule has 1 atom stereocenters. The maximum Gasteiger partial charge on any atom is 0.222 e. The van der Waals surface area contributed by atoms with Gasteiger partial charge in [-0.05, 0) is 27.8 Å². The third kappa shape index (κ3) is 3.62. The fourth-order valence-corrected chi connectivity index (χ4v) is 1.10. The topological polar surface area (TPSA) is 37.8 Å². The predicted molar refractivity (Wildman–Crippen MR) is 62.2 cm³/mol. The van der Waals surface area contributed by atoms with Crippen LogP contribution in [0.1, 0.15) is 20.8 Å². The fraction of sp³-hybridized carbons (Fsp3) is 0.600. The Balaban J connectivity index is 2.42. The first-order chi connectivity index (χ1) is 6.59. The van der Waals surface area contributed by atoms with Crippen molar-refractivity contribution in [2.75, 3.05) is 11.9 Å². The molecule has 3 nitrogen and oxygen atoms in total. The lowest BCUT2D eigenvalue weighted by atomic mass is 9.98. The highest BCUT2D eigenvalue weighted by Crippen LogP contribution is 2.11. The summed E-state index contributed by atoms with van der Waals surface area (Å²) in [7, 11) is 0. The van der Waals surface area contributed by atoms with Crippen molar-refractivity contribution in [3.8, 4) is 0 Å². The zero-order chi connectivity index (χ0) is 10.6. The zero-order valence-corrected chi connectivity index (χ0v) is 10.4. The predicted octanol–water partition coefficient (Wildman–Crippen LogP) is 2.94. The first kappa shape index (κ1) is 11.4. The number of nitrogens with one attached hydrogen (secondary N) is 1. The van der Waals surface area contributed by atoms with Gasteiger partial charge in [-0.3, -0.25) is 0 Å². The molecule has 0 fully saturated rings. The van der Waals surface area contributed by atoms with Crippen molar-refractivity contribution in [2.24, 2.45) is 11.8 Å². The van der Waals surface area contributed by atoms with Gasteiger partial charge in [0, 0.05) is 18.9 Å². The Morgan fingerprint density at radius 1 is 1.29 bits per heavy atom. The summed E-state index contributed by atoms with van der Waals surface area (Å²) in [5.74, 6) is 2.00. The molecule has 14 heavy (non-hydrogen) atoms. The lowest BCUT2D eigenvalue weighted by Crippen LogP contribution is -2.17. The van der Waals surface area contributed by atoms with Gasteiger partial charge in [0.25, 0.3) is 0 Å². The molecular formula is C10H16BrN3. The minimum absolute atomic E-state index is 0.627. The number of nitrogens with zero attached hydrogens (tertiary/aromatic N) is 2. The molecule has 1 unspecified atom stereocenters. The Kier molecular flexibility index (Phi) is 4.32. The van der Waals surface area contributed by atoms with E-state index in [1.54, 1.807) is 12.4 Å². The molecule has 0 aliphatic carbocycles. The van der Waals surface area contributed by atoms with Crippen LogP contribution in [0.15, 0.2) is 16.9 Å². The molecule has 1 aromatic rings. The summed E-state index contributed by atoms with van der Waals surface area (Å²) < 4.78 is 0.903. The van der Waals surface area contributed by atoms with Gasteiger partial charge >= 0.3 is 0 Å². The Hall–Kier alpha value is -0.640. The van der Waals surface area contributed by atoms with Crippen LogP contribution < -0.4 is 5.32 Å². The molecule has 0 bridgehead atoms. The molecule has 0 aliphatic rings. The van der Waals surface area contributed by atoms with Crippen LogP contribution in [0, 0.1) is 11.8 Å². The average molecular weight is 258 g/mol. The molecule has 0 saturated carbocycles. The molecule has 1 N–H and O–H groups in total. The summed E-state index contributed by atoms with van der Waals surface area (Å²) in [6, 6.07) is 0. The molecule has 0 aromatic carbocycles. The number of halogens is 1. The molecule has 78 valence electrons. The molecular weight excluding hydrogens is 242 g/mol. The minimum atomic E-state index is 0.627. The van der Waals surface area contributed by atoms with Crippen LogP contribution in [-0.4, -0.2) is 16.5 Å². The van der Waals surface area contributed by atoms with Crippen molar-refractivity contribution in [3.63, 3.8) is 0 Å². The zero-order valence-electron chi connectivity index (χ0n) is 8.79. The second kappa shape index (κ2) is 5.29. The second-order valence-corrected chi connectivity index (χ2v) is 4.74. The van der Waals surface area contributed by atoms with E-state index in [4.69, 9.17) is 0 Å². The van der Waals surface area contributed by atoms with E-state index in [0.29, 0.717) is 17.8 Å². The van der Waals surface area contributed by atoms with E-state index >= 15 is 0 Å². The fourth-order valence-electron chi connectivity index (χ4n) is 0.892. The van der Waals surface area contributed by atoms with Gasteiger partial charge in [-0.1, -0.05) is 20.8 Å². The molecule has 0 radical (unpaired) electrons. The summed E-state index contributed by atoms with van der Waals surface area (Å²) in [4.78, 5) is 8.28. The van der Waals surface area contributed by atoms with Crippen molar-refractivity contribution in [2.45, 2.75) is 20.8 Å². The van der Waals surface area contributed by atoms with Crippen molar-refractivity contribution >= 4 is 21.9 Å². The van der Waals surface area contributed by atoms with E-state index in [1.807, 2.05) is 0 Å². The lowest BCUT2D eigenvalue weighted by molar-refractivity contribution is 0.439. The van der Waals surface area contributed by atoms with E-state index in [1.165, 1.54) is 0 Å². The summed E-state index contributed by atoms with van der Waals surface area (Å²) in [6.45, 7) is 7.57. The second-order valence-electron chi connectivity index (χ2n) is 3.83. The van der Waals surface area contributed by atoms with E-state index in [2.05, 4.69) is 52.0 Å². The van der Waals surface area contributed by atoms with Crippen molar-refractivity contribution in [3.05, 3.63) is 16.9 Å². The summed E-state index contributed by atoms with van der Waals surface area (Å²) in [5, 5.41) is 3.21. The van der Waals surface area contributed by atoms with Crippen molar-refractivity contribution < 1.29 is 0 Å². The third-order valence-corrected chi connectivity index (χ3v) is 2.75. The highest BCUT2D eigenvalue weighted by molar-refractivity contribution is 9.10. The van der Waals surface area contributed by atoms with Crippen LogP contribution in [0.25, 0.3) is 0 Å². The largest absolute Gasteiger partial charge is 0.354 e. The number of rotatable bonds is 4. The summed E-state index contributed by atoms with van der Waals surface area (Å²) in [6.07, 6.45) is 3.49. The van der Waals surface area contributed by atoms with Crippen LogP contribution in [0.2, 0.25) is 0 Å². The smallest absolute Gasteiger partial charge is 0.222 e. The molecule has 1 heterocycles. The van der Waals surface area contributed by atoms with Gasteiger partial charge in [0.2, 0.25) is 5.95 Å². The van der Waals surface area contributed by atoms with Gasteiger partial charge in [0.1, 0.15) is 0 Å². The number of hydrogen-bond donors (Lipinski definition) is 1. The molecule has 0 spiro atoms. The van der Waals surface area contributed by atoms with Crippen LogP contribution in [-0.2, 0) is 0 Å². The van der Waals surface area contributed by atoms with Gasteiger partial charge in [-0.25, -0.2) is 9.97 Å². The minimum Gasteiger partial charge on any atom is -0.354 e. The average Bonchev–Trinajstić information content (AvgIpc) is 2.16. The SMILES string of the molecule is CC(C)C(C)CNc1ncc(Br)cn1. The Bertz CT molecular complexity index is 271.